The van der Waals surface area contributed by atoms with Crippen LogP contribution in [0.4, 0.5) is 0 Å². The van der Waals surface area contributed by atoms with Gasteiger partial charge in [-0.25, -0.2) is 0 Å². The second kappa shape index (κ2) is 4.62. The number of ketones is 1. The van der Waals surface area contributed by atoms with E-state index in [-0.39, 0.29) is 11.8 Å². The van der Waals surface area contributed by atoms with Gasteiger partial charge in [0.2, 0.25) is 0 Å². The molecular formula is C14H17NO. The minimum Gasteiger partial charge on any atom is -0.298 e. The summed E-state index contributed by atoms with van der Waals surface area (Å²) in [6.07, 6.45) is 2.18. The molecule has 0 saturated carbocycles. The van der Waals surface area contributed by atoms with Crippen molar-refractivity contribution in [2.45, 2.75) is 25.4 Å². The van der Waals surface area contributed by atoms with Gasteiger partial charge in [0.1, 0.15) is 0 Å². The highest BCUT2D eigenvalue weighted by Crippen LogP contribution is 2.32. The molecule has 1 aromatic rings. The molecule has 2 nitrogen and oxygen atoms in total. The van der Waals surface area contributed by atoms with E-state index in [4.69, 9.17) is 0 Å². The van der Waals surface area contributed by atoms with Crippen LogP contribution < -0.4 is 0 Å². The standard InChI is InChI=1S/C14H17NO/c1-3-7-14(16)13-10-15(13)11(2)12-8-5-4-6-9-12/h3-6,8-9,11,13H,1,7,10H2,2H3/t11-,13-,15?/m1/s1. The molecule has 3 atom stereocenters. The zero-order chi connectivity index (χ0) is 11.5. The average molecular weight is 215 g/mol. The van der Waals surface area contributed by atoms with Crippen molar-refractivity contribution in [2.75, 3.05) is 6.54 Å². The van der Waals surface area contributed by atoms with Gasteiger partial charge in [-0.15, -0.1) is 6.58 Å². The minimum absolute atomic E-state index is 0.119. The lowest BCUT2D eigenvalue weighted by Crippen LogP contribution is -2.15. The predicted molar refractivity (Wildman–Crippen MR) is 65.2 cm³/mol. The van der Waals surface area contributed by atoms with Crippen molar-refractivity contribution in [2.24, 2.45) is 0 Å². The highest BCUT2D eigenvalue weighted by atomic mass is 16.1. The largest absolute Gasteiger partial charge is 0.298 e. The summed E-state index contributed by atoms with van der Waals surface area (Å²) >= 11 is 0. The molecule has 0 spiro atoms. The van der Waals surface area contributed by atoms with Crippen LogP contribution in [0.2, 0.25) is 0 Å². The van der Waals surface area contributed by atoms with E-state index < -0.39 is 0 Å². The van der Waals surface area contributed by atoms with Gasteiger partial charge in [-0.1, -0.05) is 36.4 Å². The molecule has 1 unspecified atom stereocenters. The molecule has 2 heteroatoms. The maximum absolute atomic E-state index is 11.6. The molecule has 0 N–H and O–H groups in total. The van der Waals surface area contributed by atoms with E-state index in [1.54, 1.807) is 6.08 Å². The van der Waals surface area contributed by atoms with Crippen LogP contribution >= 0.6 is 0 Å². The Morgan fingerprint density at radius 3 is 2.88 bits per heavy atom. The van der Waals surface area contributed by atoms with Crippen LogP contribution in [0.1, 0.15) is 24.9 Å². The van der Waals surface area contributed by atoms with Crippen LogP contribution in [0, 0.1) is 0 Å². The van der Waals surface area contributed by atoms with E-state index in [0.717, 1.165) is 6.54 Å². The Kier molecular flexibility index (Phi) is 3.20. The number of carbonyl (C=O) groups excluding carboxylic acids is 1. The quantitative estimate of drug-likeness (QED) is 0.555. The molecule has 1 heterocycles. The van der Waals surface area contributed by atoms with Crippen LogP contribution in [-0.4, -0.2) is 23.3 Å². The van der Waals surface area contributed by atoms with Gasteiger partial charge in [0, 0.05) is 19.0 Å². The first-order valence-corrected chi connectivity index (χ1v) is 5.68. The second-order valence-electron chi connectivity index (χ2n) is 4.26. The predicted octanol–water partition coefficient (Wildman–Crippen LogP) is 2.58. The van der Waals surface area contributed by atoms with Crippen molar-refractivity contribution in [1.82, 2.24) is 4.90 Å². The van der Waals surface area contributed by atoms with Crippen molar-refractivity contribution in [3.05, 3.63) is 48.6 Å². The topological polar surface area (TPSA) is 20.1 Å². The van der Waals surface area contributed by atoms with Crippen molar-refractivity contribution in [3.63, 3.8) is 0 Å². The second-order valence-corrected chi connectivity index (χ2v) is 4.26. The Morgan fingerprint density at radius 2 is 2.25 bits per heavy atom. The number of allylic oxidation sites excluding steroid dienone is 1. The van der Waals surface area contributed by atoms with Gasteiger partial charge in [0.25, 0.3) is 0 Å². The van der Waals surface area contributed by atoms with Crippen LogP contribution in [0.3, 0.4) is 0 Å². The summed E-state index contributed by atoms with van der Waals surface area (Å²) in [5.41, 5.74) is 1.27. The van der Waals surface area contributed by atoms with Gasteiger partial charge in [0.05, 0.1) is 6.04 Å². The zero-order valence-corrected chi connectivity index (χ0v) is 9.60. The SMILES string of the molecule is C=CCC(=O)[C@H]1CN1[C@H](C)c1ccccc1. The summed E-state index contributed by atoms with van der Waals surface area (Å²) in [7, 11) is 0. The van der Waals surface area contributed by atoms with Crippen LogP contribution in [0.25, 0.3) is 0 Å². The fourth-order valence-corrected chi connectivity index (χ4v) is 2.07. The van der Waals surface area contributed by atoms with E-state index in [1.807, 2.05) is 18.2 Å². The molecule has 0 aliphatic carbocycles. The smallest absolute Gasteiger partial charge is 0.155 e. The Bertz CT molecular complexity index is 385. The molecular weight excluding hydrogens is 198 g/mol. The Balaban J connectivity index is 1.97. The summed E-state index contributed by atoms with van der Waals surface area (Å²) in [6.45, 7) is 6.64. The third kappa shape index (κ3) is 2.22. The maximum atomic E-state index is 11.6. The van der Waals surface area contributed by atoms with Gasteiger partial charge in [-0.3, -0.25) is 9.69 Å². The normalized spacial score (nSPS) is 24.8. The lowest BCUT2D eigenvalue weighted by atomic mass is 10.1. The molecule has 0 radical (unpaired) electrons. The van der Waals surface area contributed by atoms with E-state index >= 15 is 0 Å². The lowest BCUT2D eigenvalue weighted by molar-refractivity contribution is -0.118. The fraction of sp³-hybridized carbons (Fsp3) is 0.357. The van der Waals surface area contributed by atoms with Crippen molar-refractivity contribution in [3.8, 4) is 0 Å². The number of rotatable bonds is 5. The molecule has 1 aliphatic heterocycles. The molecule has 16 heavy (non-hydrogen) atoms. The van der Waals surface area contributed by atoms with Crippen molar-refractivity contribution < 1.29 is 4.79 Å². The third-order valence-electron chi connectivity index (χ3n) is 3.15. The number of carbonyl (C=O) groups is 1. The molecule has 0 amide bonds. The summed E-state index contributed by atoms with van der Waals surface area (Å²) in [4.78, 5) is 13.9. The number of hydrogen-bond acceptors (Lipinski definition) is 2. The molecule has 1 fully saturated rings. The van der Waals surface area contributed by atoms with Crippen LogP contribution in [0.15, 0.2) is 43.0 Å². The lowest BCUT2D eigenvalue weighted by Gasteiger charge is -2.13. The number of Topliss-reactive ketones (excluding diaryl/α,β-unsaturated/α-hetero) is 1. The van der Waals surface area contributed by atoms with E-state index in [1.165, 1.54) is 5.56 Å². The molecule has 0 bridgehead atoms. The highest BCUT2D eigenvalue weighted by Gasteiger charge is 2.42. The van der Waals surface area contributed by atoms with Crippen molar-refractivity contribution in [1.29, 1.82) is 0 Å². The van der Waals surface area contributed by atoms with Gasteiger partial charge >= 0.3 is 0 Å². The molecule has 1 aliphatic rings. The first-order valence-electron chi connectivity index (χ1n) is 5.68. The third-order valence-corrected chi connectivity index (χ3v) is 3.15. The number of nitrogens with zero attached hydrogens (tertiary/aromatic N) is 1. The maximum Gasteiger partial charge on any atom is 0.155 e. The monoisotopic (exact) mass is 215 g/mol. The summed E-state index contributed by atoms with van der Waals surface area (Å²) in [5, 5.41) is 0. The van der Waals surface area contributed by atoms with Crippen molar-refractivity contribution >= 4 is 5.78 Å². The Labute approximate surface area is 96.6 Å². The summed E-state index contributed by atoms with van der Waals surface area (Å²) in [5.74, 6) is 0.290. The Morgan fingerprint density at radius 1 is 1.56 bits per heavy atom. The Hall–Kier alpha value is -1.41. The number of hydrogen-bond donors (Lipinski definition) is 0. The van der Waals surface area contributed by atoms with Gasteiger partial charge < -0.3 is 0 Å². The molecule has 84 valence electrons. The van der Waals surface area contributed by atoms with E-state index in [0.29, 0.717) is 12.5 Å². The van der Waals surface area contributed by atoms with Crippen LogP contribution in [0.5, 0.6) is 0 Å². The zero-order valence-electron chi connectivity index (χ0n) is 9.60. The first-order chi connectivity index (χ1) is 7.74. The minimum atomic E-state index is 0.119. The van der Waals surface area contributed by atoms with E-state index in [2.05, 4.69) is 30.5 Å². The highest BCUT2D eigenvalue weighted by molar-refractivity contribution is 5.88. The fourth-order valence-electron chi connectivity index (χ4n) is 2.07. The molecule has 1 saturated heterocycles. The van der Waals surface area contributed by atoms with Gasteiger partial charge in [-0.2, -0.15) is 0 Å². The molecule has 1 aromatic carbocycles. The molecule has 0 aromatic heterocycles. The number of benzene rings is 1. The van der Waals surface area contributed by atoms with Gasteiger partial charge in [-0.05, 0) is 12.5 Å². The summed E-state index contributed by atoms with van der Waals surface area (Å²) in [6, 6.07) is 10.8. The van der Waals surface area contributed by atoms with Gasteiger partial charge in [0.15, 0.2) is 5.78 Å². The first kappa shape index (κ1) is 11.1. The average Bonchev–Trinajstić information content (AvgIpc) is 3.09. The summed E-state index contributed by atoms with van der Waals surface area (Å²) < 4.78 is 0. The van der Waals surface area contributed by atoms with Crippen LogP contribution in [-0.2, 0) is 4.79 Å². The van der Waals surface area contributed by atoms with E-state index in [9.17, 15) is 4.79 Å². The molecule has 2 rings (SSSR count).